The number of carbonyl (C=O) groups excluding carboxylic acids is 1. The van der Waals surface area contributed by atoms with E-state index in [0.717, 1.165) is 24.0 Å². The Morgan fingerprint density at radius 3 is 2.67 bits per heavy atom. The number of hydrogen-bond donors (Lipinski definition) is 0. The van der Waals surface area contributed by atoms with E-state index in [4.69, 9.17) is 11.6 Å². The number of benzene rings is 1. The van der Waals surface area contributed by atoms with Gasteiger partial charge in [0, 0.05) is 29.2 Å². The minimum atomic E-state index is 0.101. The summed E-state index contributed by atoms with van der Waals surface area (Å²) in [6, 6.07) is 5.97. The van der Waals surface area contributed by atoms with Crippen LogP contribution >= 0.6 is 27.5 Å². The Bertz CT molecular complexity index is 531. The van der Waals surface area contributed by atoms with Gasteiger partial charge in [-0.3, -0.25) is 9.69 Å². The molecule has 5 heteroatoms. The van der Waals surface area contributed by atoms with Crippen LogP contribution in [0.5, 0.6) is 0 Å². The highest BCUT2D eigenvalue weighted by molar-refractivity contribution is 9.10. The molecule has 3 rings (SSSR count). The summed E-state index contributed by atoms with van der Waals surface area (Å²) in [5.41, 5.74) is 0.683. The molecule has 2 heterocycles. The molecule has 0 saturated carbocycles. The second-order valence-corrected chi connectivity index (χ2v) is 7.18. The average molecular weight is 372 g/mol. The number of halogens is 2. The smallest absolute Gasteiger partial charge is 0.253 e. The zero-order valence-electron chi connectivity index (χ0n) is 12.0. The van der Waals surface area contributed by atoms with Crippen molar-refractivity contribution < 1.29 is 4.79 Å². The predicted molar refractivity (Wildman–Crippen MR) is 88.9 cm³/mol. The molecule has 0 N–H and O–H groups in total. The van der Waals surface area contributed by atoms with Crippen molar-refractivity contribution in [2.24, 2.45) is 0 Å². The van der Waals surface area contributed by atoms with Crippen LogP contribution in [0.2, 0.25) is 5.02 Å². The first kappa shape index (κ1) is 15.3. The average Bonchev–Trinajstić information content (AvgIpc) is 3.00. The summed E-state index contributed by atoms with van der Waals surface area (Å²) in [5, 5.41) is 0.590. The minimum Gasteiger partial charge on any atom is -0.337 e. The van der Waals surface area contributed by atoms with Crippen molar-refractivity contribution in [2.75, 3.05) is 26.2 Å². The van der Waals surface area contributed by atoms with Crippen molar-refractivity contribution in [1.29, 1.82) is 0 Å². The maximum Gasteiger partial charge on any atom is 0.253 e. The van der Waals surface area contributed by atoms with E-state index in [9.17, 15) is 4.79 Å². The van der Waals surface area contributed by atoms with Crippen LogP contribution in [0.1, 0.15) is 36.0 Å². The zero-order chi connectivity index (χ0) is 14.8. The molecule has 2 saturated heterocycles. The number of carbonyl (C=O) groups is 1. The number of nitrogens with zero attached hydrogens (tertiary/aromatic N) is 2. The second-order valence-electron chi connectivity index (χ2n) is 5.92. The molecule has 1 unspecified atom stereocenters. The Morgan fingerprint density at radius 1 is 1.19 bits per heavy atom. The normalized spacial score (nSPS) is 23.5. The van der Waals surface area contributed by atoms with Gasteiger partial charge in [-0.05, 0) is 66.5 Å². The molecule has 1 atom stereocenters. The Hall–Kier alpha value is -0.580. The molecule has 114 valence electrons. The lowest BCUT2D eigenvalue weighted by atomic mass is 10.1. The van der Waals surface area contributed by atoms with Crippen molar-refractivity contribution >= 4 is 33.4 Å². The molecule has 3 nitrogen and oxygen atoms in total. The van der Waals surface area contributed by atoms with Gasteiger partial charge in [0.05, 0.1) is 5.02 Å². The van der Waals surface area contributed by atoms with Crippen LogP contribution in [0.4, 0.5) is 0 Å². The number of rotatable bonds is 2. The molecule has 0 aliphatic carbocycles. The van der Waals surface area contributed by atoms with E-state index in [2.05, 4.69) is 20.8 Å². The number of hydrogen-bond acceptors (Lipinski definition) is 2. The van der Waals surface area contributed by atoms with Crippen molar-refractivity contribution in [2.45, 2.75) is 31.7 Å². The topological polar surface area (TPSA) is 23.6 Å². The Morgan fingerprint density at radius 2 is 1.95 bits per heavy atom. The first-order valence-electron chi connectivity index (χ1n) is 7.63. The largest absolute Gasteiger partial charge is 0.337 e. The molecule has 0 spiro atoms. The molecule has 0 aromatic heterocycles. The fourth-order valence-corrected chi connectivity index (χ4v) is 3.75. The van der Waals surface area contributed by atoms with Gasteiger partial charge in [0.1, 0.15) is 0 Å². The molecule has 1 aromatic carbocycles. The Labute approximate surface area is 139 Å². The van der Waals surface area contributed by atoms with Gasteiger partial charge in [-0.2, -0.15) is 0 Å². The predicted octanol–water partition coefficient (Wildman–Crippen LogP) is 3.80. The van der Waals surface area contributed by atoms with Gasteiger partial charge in [0.2, 0.25) is 0 Å². The highest BCUT2D eigenvalue weighted by Crippen LogP contribution is 2.26. The van der Waals surface area contributed by atoms with E-state index in [1.54, 1.807) is 6.07 Å². The second kappa shape index (κ2) is 6.67. The monoisotopic (exact) mass is 370 g/mol. The number of amides is 1. The van der Waals surface area contributed by atoms with Crippen LogP contribution in [0.25, 0.3) is 0 Å². The molecule has 1 aromatic rings. The Balaban J connectivity index is 1.64. The van der Waals surface area contributed by atoms with Crippen molar-refractivity contribution in [3.63, 3.8) is 0 Å². The Kier molecular flexibility index (Phi) is 4.87. The van der Waals surface area contributed by atoms with E-state index in [0.29, 0.717) is 16.6 Å². The van der Waals surface area contributed by atoms with Gasteiger partial charge in [-0.25, -0.2) is 0 Å². The molecule has 1 amide bonds. The SMILES string of the molecule is O=C(c1ccc(Br)c(Cl)c1)N1CCC(N2CCCCC2)C1. The lowest BCUT2D eigenvalue weighted by molar-refractivity contribution is 0.0771. The molecule has 2 aliphatic rings. The van der Waals surface area contributed by atoms with Gasteiger partial charge < -0.3 is 4.90 Å². The molecule has 0 radical (unpaired) electrons. The molecule has 2 aliphatic heterocycles. The van der Waals surface area contributed by atoms with E-state index in [-0.39, 0.29) is 5.91 Å². The summed E-state index contributed by atoms with van der Waals surface area (Å²) < 4.78 is 0.827. The molecular formula is C16H20BrClN2O. The van der Waals surface area contributed by atoms with Crippen LogP contribution in [-0.2, 0) is 0 Å². The lowest BCUT2D eigenvalue weighted by Crippen LogP contribution is -2.41. The minimum absolute atomic E-state index is 0.101. The van der Waals surface area contributed by atoms with Gasteiger partial charge in [0.15, 0.2) is 0 Å². The van der Waals surface area contributed by atoms with Crippen LogP contribution in [0.15, 0.2) is 22.7 Å². The summed E-state index contributed by atoms with van der Waals surface area (Å²) >= 11 is 9.45. The fourth-order valence-electron chi connectivity index (χ4n) is 3.32. The van der Waals surface area contributed by atoms with Crippen LogP contribution in [0, 0.1) is 0 Å². The summed E-state index contributed by atoms with van der Waals surface area (Å²) in [6.07, 6.45) is 5.04. The summed E-state index contributed by atoms with van der Waals surface area (Å²) in [7, 11) is 0. The standard InChI is InChI=1S/C16H20BrClN2O/c17-14-5-4-12(10-15(14)18)16(21)20-9-6-13(11-20)19-7-2-1-3-8-19/h4-5,10,13H,1-3,6-9,11H2. The number of likely N-dealkylation sites (tertiary alicyclic amines) is 2. The third-order valence-electron chi connectivity index (χ3n) is 4.52. The molecular weight excluding hydrogens is 352 g/mol. The van der Waals surface area contributed by atoms with Crippen molar-refractivity contribution in [3.05, 3.63) is 33.3 Å². The van der Waals surface area contributed by atoms with E-state index in [1.807, 2.05) is 17.0 Å². The van der Waals surface area contributed by atoms with Crippen molar-refractivity contribution in [3.8, 4) is 0 Å². The third kappa shape index (κ3) is 3.43. The van der Waals surface area contributed by atoms with Crippen LogP contribution in [0.3, 0.4) is 0 Å². The number of piperidine rings is 1. The first-order chi connectivity index (χ1) is 10.1. The summed E-state index contributed by atoms with van der Waals surface area (Å²) in [5.74, 6) is 0.101. The molecule has 0 bridgehead atoms. The maximum absolute atomic E-state index is 12.6. The first-order valence-corrected chi connectivity index (χ1v) is 8.80. The van der Waals surface area contributed by atoms with Gasteiger partial charge in [0.25, 0.3) is 5.91 Å². The van der Waals surface area contributed by atoms with Gasteiger partial charge in [-0.1, -0.05) is 18.0 Å². The third-order valence-corrected chi connectivity index (χ3v) is 5.76. The lowest BCUT2D eigenvalue weighted by Gasteiger charge is -2.32. The quantitative estimate of drug-likeness (QED) is 0.789. The van der Waals surface area contributed by atoms with E-state index >= 15 is 0 Å². The zero-order valence-corrected chi connectivity index (χ0v) is 14.4. The highest BCUT2D eigenvalue weighted by atomic mass is 79.9. The summed E-state index contributed by atoms with van der Waals surface area (Å²) in [6.45, 7) is 4.09. The fraction of sp³-hybridized carbons (Fsp3) is 0.562. The van der Waals surface area contributed by atoms with Crippen molar-refractivity contribution in [1.82, 2.24) is 9.80 Å². The highest BCUT2D eigenvalue weighted by Gasteiger charge is 2.31. The molecule has 2 fully saturated rings. The molecule has 21 heavy (non-hydrogen) atoms. The van der Waals surface area contributed by atoms with Crippen LogP contribution < -0.4 is 0 Å². The van der Waals surface area contributed by atoms with E-state index in [1.165, 1.54) is 32.4 Å². The van der Waals surface area contributed by atoms with Crippen LogP contribution in [-0.4, -0.2) is 47.9 Å². The van der Waals surface area contributed by atoms with Gasteiger partial charge >= 0.3 is 0 Å². The van der Waals surface area contributed by atoms with E-state index < -0.39 is 0 Å². The van der Waals surface area contributed by atoms with Gasteiger partial charge in [-0.15, -0.1) is 0 Å². The maximum atomic E-state index is 12.6. The summed E-state index contributed by atoms with van der Waals surface area (Å²) in [4.78, 5) is 17.1.